The van der Waals surface area contributed by atoms with E-state index in [1.54, 1.807) is 32.2 Å². The Labute approximate surface area is 407 Å². The Morgan fingerprint density at radius 1 is 0.761 bits per heavy atom. The number of nitrogens with one attached hydrogen (secondary N) is 3. The highest BCUT2D eigenvalue weighted by molar-refractivity contribution is 8.07. The van der Waals surface area contributed by atoms with Gasteiger partial charge in [-0.05, 0) is 145 Å². The molecule has 0 spiro atoms. The van der Waals surface area contributed by atoms with E-state index in [9.17, 15) is 5.26 Å². The van der Waals surface area contributed by atoms with Crippen LogP contribution in [0.2, 0.25) is 0 Å². The van der Waals surface area contributed by atoms with Gasteiger partial charge in [-0.3, -0.25) is 16.0 Å². The van der Waals surface area contributed by atoms with Gasteiger partial charge in [-0.25, -0.2) is 0 Å². The van der Waals surface area contributed by atoms with E-state index >= 15 is 0 Å². The summed E-state index contributed by atoms with van der Waals surface area (Å²) in [5, 5.41) is 24.7. The van der Waals surface area contributed by atoms with Crippen LogP contribution in [0.1, 0.15) is 138 Å². The zero-order chi connectivity index (χ0) is 45.8. The van der Waals surface area contributed by atoms with E-state index in [2.05, 4.69) is 164 Å². The van der Waals surface area contributed by atoms with E-state index in [1.165, 1.54) is 61.9 Å². The molecule has 7 heteroatoms. The Kier molecular flexibility index (Phi) is 11.6. The van der Waals surface area contributed by atoms with E-state index < -0.39 is 0 Å². The third kappa shape index (κ3) is 7.77. The fraction of sp³-hybridized carbons (Fsp3) is 0.617. The maximum absolute atomic E-state index is 11.6. The number of allylic oxidation sites excluding steroid dienone is 15. The molecule has 67 heavy (non-hydrogen) atoms. The van der Waals surface area contributed by atoms with Crippen LogP contribution in [0, 0.1) is 69.5 Å². The van der Waals surface area contributed by atoms with E-state index in [1.807, 2.05) is 0 Å². The van der Waals surface area contributed by atoms with Crippen LogP contribution in [0.3, 0.4) is 0 Å². The van der Waals surface area contributed by atoms with Gasteiger partial charge < -0.3 is 9.80 Å². The summed E-state index contributed by atoms with van der Waals surface area (Å²) in [6.45, 7) is 14.6. The van der Waals surface area contributed by atoms with Gasteiger partial charge in [0.05, 0.1) is 42.6 Å². The second-order valence-electron chi connectivity index (χ2n) is 24.7. The second kappa shape index (κ2) is 17.4. The third-order valence-electron chi connectivity index (χ3n) is 19.0. The quantitative estimate of drug-likeness (QED) is 0.237. The molecule has 1 saturated carbocycles. The standard InChI is InChI=1S/C60H78N6S/c1-59(2,3)38-27-29-49-44(32-38)45-33-39(60(4,5)6)28-30-50(45)66(49)52-34-51(65-47-23-13-10-19-40(47)41-20-11-14-24-48(41)65)37(35-61)31-46(52)58-63-56(36-17-8-7-9-18-36)62-57(64-58)43-22-16-26-54-55(43)42-21-12-15-25-53(42)67-54/h7-8,12-13,15,17,23,25-27,29,33-34,37-38,41-44,46,48-49,51,55-58,62-64H,9-11,14,16,18-22,24,28,30-32H2,1-6H3. The number of fused-ring (bicyclic) bond motifs is 7. The summed E-state index contributed by atoms with van der Waals surface area (Å²) in [6.07, 6.45) is 49.9. The largest absolute Gasteiger partial charge is 0.360 e. The zero-order valence-electron chi connectivity index (χ0n) is 41.4. The van der Waals surface area contributed by atoms with Crippen molar-refractivity contribution in [2.45, 2.75) is 174 Å². The lowest BCUT2D eigenvalue weighted by atomic mass is 9.69. The molecule has 8 aliphatic carbocycles. The minimum absolute atomic E-state index is 0.00315. The normalized spacial score (nSPS) is 40.2. The summed E-state index contributed by atoms with van der Waals surface area (Å²) in [5.41, 5.74) is 11.2. The molecule has 2 saturated heterocycles. The summed E-state index contributed by atoms with van der Waals surface area (Å²) in [6, 6.07) is 3.89. The fourth-order valence-electron chi connectivity index (χ4n) is 15.5. The Morgan fingerprint density at radius 3 is 2.42 bits per heavy atom. The fourth-order valence-corrected chi connectivity index (χ4v) is 17.0. The van der Waals surface area contributed by atoms with Gasteiger partial charge in [0.25, 0.3) is 0 Å². The molecule has 0 bridgehead atoms. The van der Waals surface area contributed by atoms with Gasteiger partial charge in [-0.2, -0.15) is 5.26 Å². The van der Waals surface area contributed by atoms with E-state index in [-0.39, 0.29) is 53.2 Å². The summed E-state index contributed by atoms with van der Waals surface area (Å²) >= 11 is 2.07. The van der Waals surface area contributed by atoms with E-state index in [0.717, 1.165) is 51.4 Å². The molecule has 6 nitrogen and oxygen atoms in total. The van der Waals surface area contributed by atoms with Crippen LogP contribution in [-0.4, -0.2) is 46.4 Å². The monoisotopic (exact) mass is 915 g/mol. The molecule has 0 aromatic carbocycles. The van der Waals surface area contributed by atoms with Crippen molar-refractivity contribution in [1.29, 1.82) is 5.26 Å². The van der Waals surface area contributed by atoms with Crippen molar-refractivity contribution in [2.75, 3.05) is 0 Å². The molecule has 4 heterocycles. The minimum Gasteiger partial charge on any atom is -0.360 e. The predicted octanol–water partition coefficient (Wildman–Crippen LogP) is 13.0. The van der Waals surface area contributed by atoms with Crippen molar-refractivity contribution in [1.82, 2.24) is 25.8 Å². The molecule has 4 aliphatic heterocycles. The molecule has 354 valence electrons. The van der Waals surface area contributed by atoms with E-state index in [4.69, 9.17) is 0 Å². The first-order valence-corrected chi connectivity index (χ1v) is 27.9. The summed E-state index contributed by atoms with van der Waals surface area (Å²) in [5.74, 6) is 3.21. The molecule has 14 atom stereocenters. The first-order valence-electron chi connectivity index (χ1n) is 27.0. The van der Waals surface area contributed by atoms with Crippen LogP contribution in [0.5, 0.6) is 0 Å². The highest BCUT2D eigenvalue weighted by Gasteiger charge is 2.54. The predicted molar refractivity (Wildman–Crippen MR) is 276 cm³/mol. The molecule has 0 amide bonds. The molecule has 3 N–H and O–H groups in total. The number of nitriles is 1. The Hall–Kier alpha value is -3.54. The lowest BCUT2D eigenvalue weighted by molar-refractivity contribution is 0.0747. The summed E-state index contributed by atoms with van der Waals surface area (Å²) in [7, 11) is 0. The van der Waals surface area contributed by atoms with Crippen molar-refractivity contribution < 1.29 is 0 Å². The highest BCUT2D eigenvalue weighted by Crippen LogP contribution is 2.59. The van der Waals surface area contributed by atoms with Crippen molar-refractivity contribution in [3.8, 4) is 6.07 Å². The highest BCUT2D eigenvalue weighted by atomic mass is 32.2. The molecule has 3 fully saturated rings. The van der Waals surface area contributed by atoms with Gasteiger partial charge in [0.2, 0.25) is 0 Å². The number of hydrogen-bond donors (Lipinski definition) is 3. The smallest absolute Gasteiger partial charge is 0.0821 e. The average molecular weight is 915 g/mol. The van der Waals surface area contributed by atoms with Crippen molar-refractivity contribution in [3.05, 3.63) is 128 Å². The lowest BCUT2D eigenvalue weighted by Crippen LogP contribution is -2.72. The molecule has 14 unspecified atom stereocenters. The topological polar surface area (TPSA) is 66.4 Å². The van der Waals surface area contributed by atoms with Crippen LogP contribution in [-0.2, 0) is 0 Å². The molecular weight excluding hydrogens is 837 g/mol. The minimum atomic E-state index is -0.111. The lowest BCUT2D eigenvalue weighted by Gasteiger charge is -2.52. The average Bonchev–Trinajstić information content (AvgIpc) is 4.00. The molecule has 0 aromatic heterocycles. The maximum Gasteiger partial charge on any atom is 0.0821 e. The molecule has 12 rings (SSSR count). The first kappa shape index (κ1) is 44.7. The van der Waals surface area contributed by atoms with Gasteiger partial charge in [0.1, 0.15) is 0 Å². The van der Waals surface area contributed by atoms with Crippen LogP contribution < -0.4 is 16.0 Å². The van der Waals surface area contributed by atoms with Crippen molar-refractivity contribution in [2.24, 2.45) is 58.2 Å². The van der Waals surface area contributed by atoms with Gasteiger partial charge in [0, 0.05) is 52.7 Å². The first-order chi connectivity index (χ1) is 32.4. The molecule has 0 aromatic rings. The van der Waals surface area contributed by atoms with Gasteiger partial charge in [-0.15, -0.1) is 0 Å². The Morgan fingerprint density at radius 2 is 1.60 bits per heavy atom. The summed E-state index contributed by atoms with van der Waals surface area (Å²) in [4.78, 5) is 8.95. The van der Waals surface area contributed by atoms with Crippen LogP contribution >= 0.6 is 11.8 Å². The molecular formula is C60H78N6S. The SMILES string of the molecule is CC(C)(C)C1=CC2=C(CC1)N(C1=CC(N3C4=C(CCC=C4)C4CCCCC43)C(C#N)CC1C1NC(C3=CC=CCC3)NC(C3CCC=C4SC5=CC=CCC5C43)N1)C1C=CC(C(C)(C)C)CC21. The number of hydrogen-bond acceptors (Lipinski definition) is 7. The third-order valence-corrected chi connectivity index (χ3v) is 20.3. The van der Waals surface area contributed by atoms with Gasteiger partial charge in [-0.1, -0.05) is 139 Å². The molecule has 0 radical (unpaired) electrons. The number of rotatable bonds is 5. The van der Waals surface area contributed by atoms with Crippen LogP contribution in [0.4, 0.5) is 0 Å². The van der Waals surface area contributed by atoms with Gasteiger partial charge >= 0.3 is 0 Å². The Bertz CT molecular complexity index is 2410. The van der Waals surface area contributed by atoms with Crippen molar-refractivity contribution >= 4 is 11.8 Å². The number of thioether (sulfide) groups is 1. The van der Waals surface area contributed by atoms with Crippen molar-refractivity contribution in [3.63, 3.8) is 0 Å². The number of nitrogens with zero attached hydrogens (tertiary/aromatic N) is 3. The Balaban J connectivity index is 1.00. The zero-order valence-corrected chi connectivity index (χ0v) is 42.3. The second-order valence-corrected chi connectivity index (χ2v) is 25.8. The van der Waals surface area contributed by atoms with E-state index in [0.29, 0.717) is 41.5 Å². The van der Waals surface area contributed by atoms with Gasteiger partial charge in [0.15, 0.2) is 0 Å². The van der Waals surface area contributed by atoms with Crippen LogP contribution in [0.25, 0.3) is 0 Å². The summed E-state index contributed by atoms with van der Waals surface area (Å²) < 4.78 is 0. The maximum atomic E-state index is 11.6. The van der Waals surface area contributed by atoms with Crippen LogP contribution in [0.15, 0.2) is 128 Å². The molecule has 12 aliphatic rings.